The zero-order valence-electron chi connectivity index (χ0n) is 19.7. The quantitative estimate of drug-likeness (QED) is 0.462. The fraction of sp³-hybridized carbons (Fsp3) is 0.346. The number of methoxy groups -OCH3 is 4. The van der Waals surface area contributed by atoms with E-state index in [-0.39, 0.29) is 12.6 Å². The summed E-state index contributed by atoms with van der Waals surface area (Å²) in [7, 11) is 6.51. The second-order valence-electron chi connectivity index (χ2n) is 7.70. The Kier molecular flexibility index (Phi) is 6.60. The lowest BCUT2D eigenvalue weighted by Gasteiger charge is -2.23. The lowest BCUT2D eigenvalue weighted by Crippen LogP contribution is -2.15. The molecule has 4 rings (SSSR count). The van der Waals surface area contributed by atoms with E-state index in [4.69, 9.17) is 23.7 Å². The first-order valence-corrected chi connectivity index (χ1v) is 10.9. The highest BCUT2D eigenvalue weighted by Gasteiger charge is 2.33. The van der Waals surface area contributed by atoms with Gasteiger partial charge in [-0.05, 0) is 48.7 Å². The van der Waals surface area contributed by atoms with E-state index >= 15 is 0 Å². The molecular formula is C26H29NO6. The van der Waals surface area contributed by atoms with Gasteiger partial charge in [0.25, 0.3) is 0 Å². The van der Waals surface area contributed by atoms with E-state index in [1.54, 1.807) is 28.4 Å². The minimum Gasteiger partial charge on any atom is -0.497 e. The van der Waals surface area contributed by atoms with Crippen molar-refractivity contribution >= 4 is 5.97 Å². The predicted molar refractivity (Wildman–Crippen MR) is 125 cm³/mol. The third-order valence-corrected chi connectivity index (χ3v) is 5.96. The highest BCUT2D eigenvalue weighted by molar-refractivity contribution is 6.05. The van der Waals surface area contributed by atoms with E-state index in [0.717, 1.165) is 40.1 Å². The van der Waals surface area contributed by atoms with E-state index in [1.807, 2.05) is 43.3 Å². The number of rotatable bonds is 8. The first-order valence-electron chi connectivity index (χ1n) is 10.9. The van der Waals surface area contributed by atoms with Crippen LogP contribution in [-0.4, -0.2) is 45.6 Å². The molecule has 0 unspecified atom stereocenters. The van der Waals surface area contributed by atoms with Crippen molar-refractivity contribution in [2.75, 3.05) is 35.0 Å². The SMILES string of the molecule is CCOC(=O)c1c(-c2cccc(OC)c2)c(COC)n2c1-c1cc(OC)c(OC)cc1CC2. The van der Waals surface area contributed by atoms with E-state index in [2.05, 4.69) is 4.57 Å². The number of nitrogens with zero attached hydrogens (tertiary/aromatic N) is 1. The van der Waals surface area contributed by atoms with Crippen LogP contribution in [-0.2, 0) is 29.0 Å². The molecule has 1 aromatic heterocycles. The van der Waals surface area contributed by atoms with Crippen molar-refractivity contribution in [3.8, 4) is 39.6 Å². The maximum atomic E-state index is 13.4. The topological polar surface area (TPSA) is 68.2 Å². The van der Waals surface area contributed by atoms with Crippen molar-refractivity contribution in [1.82, 2.24) is 4.57 Å². The summed E-state index contributed by atoms with van der Waals surface area (Å²) in [4.78, 5) is 13.4. The molecule has 7 nitrogen and oxygen atoms in total. The molecule has 33 heavy (non-hydrogen) atoms. The van der Waals surface area contributed by atoms with Crippen molar-refractivity contribution in [3.05, 3.63) is 53.2 Å². The number of fused-ring (bicyclic) bond motifs is 3. The molecule has 0 N–H and O–H groups in total. The van der Waals surface area contributed by atoms with Gasteiger partial charge >= 0.3 is 5.97 Å². The fourth-order valence-electron chi connectivity index (χ4n) is 4.55. The Balaban J connectivity index is 2.07. The Morgan fingerprint density at radius 2 is 1.76 bits per heavy atom. The molecule has 0 spiro atoms. The van der Waals surface area contributed by atoms with Crippen LogP contribution in [0.15, 0.2) is 36.4 Å². The van der Waals surface area contributed by atoms with E-state index in [0.29, 0.717) is 36.0 Å². The van der Waals surface area contributed by atoms with Gasteiger partial charge in [-0.1, -0.05) is 12.1 Å². The normalized spacial score (nSPS) is 12.0. The second-order valence-corrected chi connectivity index (χ2v) is 7.70. The summed E-state index contributed by atoms with van der Waals surface area (Å²) >= 11 is 0. The summed E-state index contributed by atoms with van der Waals surface area (Å²) < 4.78 is 29.8. The van der Waals surface area contributed by atoms with Gasteiger partial charge in [0, 0.05) is 24.8 Å². The average Bonchev–Trinajstić information content (AvgIpc) is 3.18. The third-order valence-electron chi connectivity index (χ3n) is 5.96. The number of carbonyl (C=O) groups excluding carboxylic acids is 1. The van der Waals surface area contributed by atoms with Crippen LogP contribution in [0, 0.1) is 0 Å². The van der Waals surface area contributed by atoms with Gasteiger partial charge < -0.3 is 28.3 Å². The zero-order chi connectivity index (χ0) is 23.5. The summed E-state index contributed by atoms with van der Waals surface area (Å²) in [5.41, 5.74) is 5.92. The van der Waals surface area contributed by atoms with Crippen LogP contribution in [0.3, 0.4) is 0 Å². The molecule has 0 atom stereocenters. The van der Waals surface area contributed by atoms with Gasteiger partial charge in [-0.3, -0.25) is 0 Å². The molecule has 2 heterocycles. The van der Waals surface area contributed by atoms with Crippen LogP contribution in [0.1, 0.15) is 28.5 Å². The van der Waals surface area contributed by atoms with Crippen molar-refractivity contribution in [2.24, 2.45) is 0 Å². The number of benzene rings is 2. The first-order chi connectivity index (χ1) is 16.1. The molecule has 3 aromatic rings. The summed E-state index contributed by atoms with van der Waals surface area (Å²) in [6, 6.07) is 11.6. The molecule has 0 radical (unpaired) electrons. The number of hydrogen-bond acceptors (Lipinski definition) is 6. The van der Waals surface area contributed by atoms with Gasteiger partial charge in [-0.25, -0.2) is 4.79 Å². The lowest BCUT2D eigenvalue weighted by molar-refractivity contribution is 0.0528. The summed E-state index contributed by atoms with van der Waals surface area (Å²) in [5, 5.41) is 0. The van der Waals surface area contributed by atoms with E-state index < -0.39 is 0 Å². The molecule has 7 heteroatoms. The number of aryl methyl sites for hydroxylation is 1. The van der Waals surface area contributed by atoms with Crippen LogP contribution in [0.2, 0.25) is 0 Å². The molecule has 0 bridgehead atoms. The monoisotopic (exact) mass is 451 g/mol. The first kappa shape index (κ1) is 22.7. The Morgan fingerprint density at radius 1 is 1.00 bits per heavy atom. The number of ether oxygens (including phenoxy) is 5. The highest BCUT2D eigenvalue weighted by atomic mass is 16.5. The minimum atomic E-state index is -0.371. The number of carbonyl (C=O) groups is 1. The molecule has 0 fully saturated rings. The van der Waals surface area contributed by atoms with Crippen LogP contribution in [0.4, 0.5) is 0 Å². The maximum absolute atomic E-state index is 13.4. The summed E-state index contributed by atoms with van der Waals surface area (Å²) in [6.07, 6.45) is 0.786. The smallest absolute Gasteiger partial charge is 0.340 e. The molecule has 174 valence electrons. The molecule has 0 saturated heterocycles. The van der Waals surface area contributed by atoms with E-state index in [9.17, 15) is 4.79 Å². The summed E-state index contributed by atoms with van der Waals surface area (Å²) in [5.74, 6) is 1.61. The van der Waals surface area contributed by atoms with Gasteiger partial charge in [-0.2, -0.15) is 0 Å². The van der Waals surface area contributed by atoms with E-state index in [1.165, 1.54) is 0 Å². The van der Waals surface area contributed by atoms with Gasteiger partial charge in [0.2, 0.25) is 0 Å². The third kappa shape index (κ3) is 3.93. The van der Waals surface area contributed by atoms with Crippen molar-refractivity contribution in [2.45, 2.75) is 26.5 Å². The molecule has 2 aromatic carbocycles. The Labute approximate surface area is 193 Å². The molecule has 0 aliphatic carbocycles. The average molecular weight is 452 g/mol. The predicted octanol–water partition coefficient (Wildman–Crippen LogP) is 4.73. The largest absolute Gasteiger partial charge is 0.497 e. The highest BCUT2D eigenvalue weighted by Crippen LogP contribution is 2.46. The van der Waals surface area contributed by atoms with Crippen LogP contribution in [0.5, 0.6) is 17.2 Å². The Hall–Kier alpha value is -3.45. The van der Waals surface area contributed by atoms with Crippen molar-refractivity contribution in [3.63, 3.8) is 0 Å². The summed E-state index contributed by atoms with van der Waals surface area (Å²) in [6.45, 7) is 3.14. The molecule has 1 aliphatic heterocycles. The minimum absolute atomic E-state index is 0.277. The van der Waals surface area contributed by atoms with Crippen LogP contribution in [0.25, 0.3) is 22.4 Å². The number of esters is 1. The van der Waals surface area contributed by atoms with Crippen molar-refractivity contribution < 1.29 is 28.5 Å². The molecule has 0 amide bonds. The molecular weight excluding hydrogens is 422 g/mol. The van der Waals surface area contributed by atoms with Gasteiger partial charge in [0.15, 0.2) is 11.5 Å². The Bertz CT molecular complexity index is 1180. The maximum Gasteiger partial charge on any atom is 0.340 e. The molecule has 0 saturated carbocycles. The fourth-order valence-corrected chi connectivity index (χ4v) is 4.55. The van der Waals surface area contributed by atoms with Crippen LogP contribution < -0.4 is 14.2 Å². The van der Waals surface area contributed by atoms with Gasteiger partial charge in [-0.15, -0.1) is 0 Å². The lowest BCUT2D eigenvalue weighted by atomic mass is 9.93. The number of aromatic nitrogens is 1. The van der Waals surface area contributed by atoms with Crippen LogP contribution >= 0.6 is 0 Å². The van der Waals surface area contributed by atoms with Gasteiger partial charge in [0.1, 0.15) is 5.75 Å². The second kappa shape index (κ2) is 9.58. The van der Waals surface area contributed by atoms with Gasteiger partial charge in [0.05, 0.1) is 51.5 Å². The Morgan fingerprint density at radius 3 is 2.42 bits per heavy atom. The molecule has 1 aliphatic rings. The van der Waals surface area contributed by atoms with Crippen molar-refractivity contribution in [1.29, 1.82) is 0 Å². The number of hydrogen-bond donors (Lipinski definition) is 0. The zero-order valence-corrected chi connectivity index (χ0v) is 19.7. The standard InChI is InChI=1S/C26H29NO6/c1-6-33-26(28)24-23(17-8-7-9-18(12-17)30-3)20(15-29-2)27-11-10-16-13-21(31-4)22(32-5)14-19(16)25(24)27/h7-9,12-14H,6,10-11,15H2,1-5H3.